The molecule has 1 atom stereocenters. The van der Waals surface area contributed by atoms with Gasteiger partial charge in [-0.05, 0) is 33.6 Å². The second kappa shape index (κ2) is 9.85. The normalized spacial score (nSPS) is 12.1. The number of carbonyl (C=O) groups excluding carboxylic acids is 3. The van der Waals surface area contributed by atoms with E-state index in [-0.39, 0.29) is 19.3 Å². The van der Waals surface area contributed by atoms with Crippen LogP contribution in [0, 0.1) is 0 Å². The number of ether oxygens (including phenoxy) is 1. The lowest BCUT2D eigenvalue weighted by molar-refractivity contribution is -0.149. The zero-order chi connectivity index (χ0) is 24.1. The van der Waals surface area contributed by atoms with Crippen molar-refractivity contribution in [1.82, 2.24) is 14.8 Å². The summed E-state index contributed by atoms with van der Waals surface area (Å²) in [5.41, 5.74) is -0.847. The second-order valence-electron chi connectivity index (χ2n) is 7.65. The Kier molecular flexibility index (Phi) is 7.46. The van der Waals surface area contributed by atoms with Gasteiger partial charge >= 0.3 is 18.0 Å². The molecular formula is C19H25N3O10. The van der Waals surface area contributed by atoms with Crippen molar-refractivity contribution in [3.8, 4) is 23.5 Å². The van der Waals surface area contributed by atoms with E-state index in [1.54, 1.807) is 20.8 Å². The fourth-order valence-electron chi connectivity index (χ4n) is 2.44. The summed E-state index contributed by atoms with van der Waals surface area (Å²) in [4.78, 5) is 46.3. The first kappa shape index (κ1) is 24.2. The van der Waals surface area contributed by atoms with Crippen LogP contribution >= 0.6 is 0 Å². The number of alkyl carbamates (subject to hydrolysis) is 1. The van der Waals surface area contributed by atoms with Gasteiger partial charge in [0.05, 0.1) is 0 Å². The number of carbonyl (C=O) groups is 3. The molecule has 0 aliphatic carbocycles. The molecule has 0 saturated carbocycles. The highest BCUT2D eigenvalue weighted by Crippen LogP contribution is 2.20. The van der Waals surface area contributed by atoms with E-state index in [2.05, 4.69) is 5.32 Å². The highest BCUT2D eigenvalue weighted by atomic mass is 16.7. The lowest BCUT2D eigenvalue weighted by atomic mass is 10.1. The molecule has 176 valence electrons. The smallest absolute Gasteiger partial charge is 0.408 e. The third kappa shape index (κ3) is 6.75. The lowest BCUT2D eigenvalue weighted by Gasteiger charge is -2.23. The molecule has 0 radical (unpaired) electrons. The van der Waals surface area contributed by atoms with Crippen molar-refractivity contribution in [3.05, 3.63) is 24.3 Å². The first-order valence-corrected chi connectivity index (χ1v) is 9.49. The van der Waals surface area contributed by atoms with Crippen molar-refractivity contribution >= 4 is 18.0 Å². The molecule has 2 aromatic heterocycles. The molecule has 0 aliphatic rings. The van der Waals surface area contributed by atoms with Crippen molar-refractivity contribution in [1.29, 1.82) is 0 Å². The van der Waals surface area contributed by atoms with Gasteiger partial charge in [0.2, 0.25) is 23.5 Å². The lowest BCUT2D eigenvalue weighted by Crippen LogP contribution is -2.46. The van der Waals surface area contributed by atoms with E-state index in [1.807, 2.05) is 0 Å². The molecule has 0 aliphatic heterocycles. The van der Waals surface area contributed by atoms with Crippen LogP contribution in [0.25, 0.3) is 0 Å². The summed E-state index contributed by atoms with van der Waals surface area (Å²) >= 11 is 0. The summed E-state index contributed by atoms with van der Waals surface area (Å²) in [6.07, 6.45) is -1.28. The maximum absolute atomic E-state index is 12.5. The molecule has 13 heteroatoms. The maximum atomic E-state index is 12.5. The minimum atomic E-state index is -1.31. The highest BCUT2D eigenvalue weighted by molar-refractivity contribution is 5.81. The van der Waals surface area contributed by atoms with E-state index in [0.29, 0.717) is 9.46 Å². The number of nitrogens with zero attached hydrogens (tertiary/aromatic N) is 2. The van der Waals surface area contributed by atoms with E-state index >= 15 is 0 Å². The largest absolute Gasteiger partial charge is 0.492 e. The first-order valence-electron chi connectivity index (χ1n) is 9.49. The topological polar surface area (TPSA) is 182 Å². The minimum absolute atomic E-state index is 0.0147. The van der Waals surface area contributed by atoms with Crippen LogP contribution < -0.4 is 15.0 Å². The molecule has 0 unspecified atom stereocenters. The monoisotopic (exact) mass is 455 g/mol. The molecule has 0 spiro atoms. The SMILES string of the molecule is CC(C)(C)OC(=O)N[C@@H](CCCC(=O)On1c(O)ccc1O)C(=O)On1c(O)ccc1O. The molecule has 32 heavy (non-hydrogen) atoms. The highest BCUT2D eigenvalue weighted by Gasteiger charge is 2.27. The Labute approximate surface area is 182 Å². The molecule has 5 N–H and O–H groups in total. The van der Waals surface area contributed by atoms with Crippen molar-refractivity contribution in [3.63, 3.8) is 0 Å². The van der Waals surface area contributed by atoms with E-state index in [4.69, 9.17) is 14.4 Å². The molecule has 2 rings (SSSR count). The third-order valence-corrected chi connectivity index (χ3v) is 3.82. The van der Waals surface area contributed by atoms with Crippen molar-refractivity contribution in [2.45, 2.75) is 51.7 Å². The Bertz CT molecular complexity index is 934. The summed E-state index contributed by atoms with van der Waals surface area (Å²) in [6.45, 7) is 4.87. The number of hydrogen-bond acceptors (Lipinski definition) is 10. The van der Waals surface area contributed by atoms with Gasteiger partial charge in [0, 0.05) is 30.7 Å². The molecule has 0 bridgehead atoms. The van der Waals surface area contributed by atoms with Gasteiger partial charge in [0.25, 0.3) is 0 Å². The third-order valence-electron chi connectivity index (χ3n) is 3.82. The average molecular weight is 455 g/mol. The quantitative estimate of drug-likeness (QED) is 0.381. The number of hydrogen-bond donors (Lipinski definition) is 5. The zero-order valence-electron chi connectivity index (χ0n) is 17.6. The molecule has 2 heterocycles. The maximum Gasteiger partial charge on any atom is 0.408 e. The van der Waals surface area contributed by atoms with Gasteiger partial charge in [0.15, 0.2) is 0 Å². The Morgan fingerprint density at radius 3 is 1.84 bits per heavy atom. The standard InChI is InChI=1S/C19H25N3O10/c1-19(2,3)30-18(29)20-11(17(28)32-22-14(25)9-10-15(22)26)5-4-6-16(27)31-21-12(23)7-8-13(21)24/h7-11,23-26H,4-6H2,1-3H3,(H,20,29)/t11-/m0/s1. The molecule has 0 aromatic carbocycles. The molecule has 0 fully saturated rings. The van der Waals surface area contributed by atoms with Crippen molar-refractivity contribution in [2.24, 2.45) is 0 Å². The number of rotatable bonds is 8. The Balaban J connectivity index is 2.01. The number of aromatic nitrogens is 2. The first-order chi connectivity index (χ1) is 14.9. The number of nitrogens with one attached hydrogen (secondary N) is 1. The van der Waals surface area contributed by atoms with Crippen LogP contribution in [0.3, 0.4) is 0 Å². The summed E-state index contributed by atoms with van der Waals surface area (Å²) in [7, 11) is 0. The van der Waals surface area contributed by atoms with E-state index in [0.717, 1.165) is 24.3 Å². The van der Waals surface area contributed by atoms with E-state index < -0.39 is 53.2 Å². The van der Waals surface area contributed by atoms with Crippen molar-refractivity contribution < 1.29 is 49.2 Å². The van der Waals surface area contributed by atoms with Gasteiger partial charge in [-0.25, -0.2) is 14.4 Å². The van der Waals surface area contributed by atoms with Gasteiger partial charge in [-0.3, -0.25) is 0 Å². The van der Waals surface area contributed by atoms with Crippen LogP contribution in [-0.4, -0.2) is 59.6 Å². The van der Waals surface area contributed by atoms with Crippen LogP contribution in [-0.2, 0) is 14.3 Å². The number of amides is 1. The summed E-state index contributed by atoms with van der Waals surface area (Å²) in [6, 6.07) is 3.09. The van der Waals surface area contributed by atoms with Gasteiger partial charge in [-0.1, -0.05) is 0 Å². The number of aromatic hydroxyl groups is 4. The predicted molar refractivity (Wildman–Crippen MR) is 106 cm³/mol. The summed E-state index contributed by atoms with van der Waals surface area (Å²) in [5, 5.41) is 40.5. The van der Waals surface area contributed by atoms with Crippen LogP contribution in [0.2, 0.25) is 0 Å². The van der Waals surface area contributed by atoms with E-state index in [9.17, 15) is 34.8 Å². The fraction of sp³-hybridized carbons (Fsp3) is 0.421. The zero-order valence-corrected chi connectivity index (χ0v) is 17.6. The van der Waals surface area contributed by atoms with Gasteiger partial charge in [0.1, 0.15) is 11.6 Å². The van der Waals surface area contributed by atoms with Crippen LogP contribution in [0.15, 0.2) is 24.3 Å². The van der Waals surface area contributed by atoms with Gasteiger partial charge < -0.3 is 40.2 Å². The van der Waals surface area contributed by atoms with Crippen LogP contribution in [0.5, 0.6) is 23.5 Å². The Hall–Kier alpha value is -4.03. The summed E-state index contributed by atoms with van der Waals surface area (Å²) < 4.78 is 6.09. The Morgan fingerprint density at radius 2 is 1.38 bits per heavy atom. The molecule has 0 saturated heterocycles. The van der Waals surface area contributed by atoms with Gasteiger partial charge in [-0.15, -0.1) is 9.46 Å². The molecule has 2 aromatic rings. The van der Waals surface area contributed by atoms with Crippen LogP contribution in [0.4, 0.5) is 4.79 Å². The predicted octanol–water partition coefficient (Wildman–Crippen LogP) is 0.786. The van der Waals surface area contributed by atoms with Crippen molar-refractivity contribution in [2.75, 3.05) is 0 Å². The van der Waals surface area contributed by atoms with Crippen LogP contribution in [0.1, 0.15) is 40.0 Å². The van der Waals surface area contributed by atoms with Gasteiger partial charge in [-0.2, -0.15) is 0 Å². The molecular weight excluding hydrogens is 430 g/mol. The second-order valence-corrected chi connectivity index (χ2v) is 7.65. The fourth-order valence-corrected chi connectivity index (χ4v) is 2.44. The molecule has 13 nitrogen and oxygen atoms in total. The molecule has 1 amide bonds. The minimum Gasteiger partial charge on any atom is -0.492 e. The Morgan fingerprint density at radius 1 is 0.906 bits per heavy atom. The average Bonchev–Trinajstić information content (AvgIpc) is 3.16. The van der Waals surface area contributed by atoms with E-state index in [1.165, 1.54) is 0 Å². The summed E-state index contributed by atoms with van der Waals surface area (Å²) in [5.74, 6) is -3.97.